The molecule has 134 valence electrons. The summed E-state index contributed by atoms with van der Waals surface area (Å²) in [6, 6.07) is 1.93. The lowest BCUT2D eigenvalue weighted by atomic mass is 10.00. The van der Waals surface area contributed by atoms with Crippen LogP contribution in [0.4, 0.5) is 4.39 Å². The van der Waals surface area contributed by atoms with Gasteiger partial charge in [0.05, 0.1) is 5.70 Å². The Kier molecular flexibility index (Phi) is 8.25. The fraction of sp³-hybridized carbons (Fsp3) is 0.294. The largest absolute Gasteiger partial charge is 0.389 e. The average Bonchev–Trinajstić information content (AvgIpc) is 2.59. The average molecular weight is 474 g/mol. The van der Waals surface area contributed by atoms with Gasteiger partial charge in [0.1, 0.15) is 17.5 Å². The first-order chi connectivity index (χ1) is 11.8. The predicted molar refractivity (Wildman–Crippen MR) is 109 cm³/mol. The minimum Gasteiger partial charge on any atom is -0.389 e. The molecule has 0 aliphatic carbocycles. The zero-order chi connectivity index (χ0) is 19.1. The second-order valence-electron chi connectivity index (χ2n) is 5.44. The normalized spacial score (nSPS) is 17.7. The molecule has 1 aliphatic rings. The molecule has 0 aromatic heterocycles. The van der Waals surface area contributed by atoms with Gasteiger partial charge >= 0.3 is 0 Å². The van der Waals surface area contributed by atoms with Gasteiger partial charge in [-0.15, -0.1) is 0 Å². The molecule has 25 heavy (non-hydrogen) atoms. The summed E-state index contributed by atoms with van der Waals surface area (Å²) in [7, 11) is 6.38. The predicted octanol–water partition coefficient (Wildman–Crippen LogP) is 3.97. The van der Waals surface area contributed by atoms with Gasteiger partial charge < -0.3 is 10.2 Å². The Morgan fingerprint density at radius 1 is 1.60 bits per heavy atom. The third-order valence-electron chi connectivity index (χ3n) is 3.44. The van der Waals surface area contributed by atoms with E-state index in [0.29, 0.717) is 29.1 Å². The van der Waals surface area contributed by atoms with E-state index in [4.69, 9.17) is 0 Å². The molecule has 5 nitrogen and oxygen atoms in total. The van der Waals surface area contributed by atoms with Gasteiger partial charge in [-0.1, -0.05) is 12.7 Å². The first kappa shape index (κ1) is 21.3. The van der Waals surface area contributed by atoms with E-state index in [2.05, 4.69) is 11.9 Å². The van der Waals surface area contributed by atoms with Crippen molar-refractivity contribution in [2.75, 3.05) is 21.1 Å². The molecule has 0 spiro atoms. The molecule has 1 aliphatic heterocycles. The second-order valence-corrected chi connectivity index (χ2v) is 7.13. The maximum Gasteiger partial charge on any atom is 0.221 e. The lowest BCUT2D eigenvalue weighted by molar-refractivity contribution is -0.112. The van der Waals surface area contributed by atoms with Gasteiger partial charge in [-0.2, -0.15) is 5.26 Å². The van der Waals surface area contributed by atoms with E-state index in [1.807, 2.05) is 27.3 Å². The molecule has 0 amide bonds. The lowest BCUT2D eigenvalue weighted by Crippen LogP contribution is -2.25. The molecule has 1 rings (SSSR count). The van der Waals surface area contributed by atoms with Crippen molar-refractivity contribution in [1.29, 1.82) is 5.26 Å². The van der Waals surface area contributed by atoms with E-state index in [-0.39, 0.29) is 17.2 Å². The molecule has 0 saturated carbocycles. The third kappa shape index (κ3) is 5.37. The number of hydrogen-bond acceptors (Lipinski definition) is 6. The third-order valence-corrected chi connectivity index (χ3v) is 5.17. The van der Waals surface area contributed by atoms with E-state index in [1.54, 1.807) is 43.3 Å². The summed E-state index contributed by atoms with van der Waals surface area (Å²) in [6.07, 6.45) is 4.94. The number of carbonyl (C=O) groups excluding carboxylic acids is 1. The van der Waals surface area contributed by atoms with Crippen molar-refractivity contribution in [3.05, 3.63) is 59.0 Å². The monoisotopic (exact) mass is 474 g/mol. The fourth-order valence-electron chi connectivity index (χ4n) is 2.00. The van der Waals surface area contributed by atoms with Crippen molar-refractivity contribution in [3.63, 3.8) is 0 Å². The zero-order valence-corrected chi connectivity index (χ0v) is 17.5. The van der Waals surface area contributed by atoms with Gasteiger partial charge in [0.25, 0.3) is 0 Å². The van der Waals surface area contributed by atoms with Gasteiger partial charge in [0, 0.05) is 69.1 Å². The number of nitrogens with zero attached hydrogens (tertiary/aromatic N) is 3. The molecule has 0 atom stereocenters. The highest BCUT2D eigenvalue weighted by Gasteiger charge is 2.28. The van der Waals surface area contributed by atoms with Crippen LogP contribution in [0.15, 0.2) is 59.0 Å². The number of Topliss-reactive ketones (excluding diaryl/α,β-unsaturated/α-hetero) is 1. The van der Waals surface area contributed by atoms with Crippen molar-refractivity contribution in [1.82, 2.24) is 14.5 Å². The van der Waals surface area contributed by atoms with Crippen LogP contribution in [0.25, 0.3) is 0 Å². The Labute approximate surface area is 164 Å². The van der Waals surface area contributed by atoms with E-state index >= 15 is 0 Å². The maximum absolute atomic E-state index is 14.1. The van der Waals surface area contributed by atoms with E-state index < -0.39 is 0 Å². The summed E-state index contributed by atoms with van der Waals surface area (Å²) in [5, 5.41) is 12.0. The molecule has 0 aromatic rings. The van der Waals surface area contributed by atoms with Crippen molar-refractivity contribution >= 4 is 36.1 Å². The highest BCUT2D eigenvalue weighted by Crippen LogP contribution is 2.38. The van der Waals surface area contributed by atoms with Crippen LogP contribution in [-0.2, 0) is 4.79 Å². The van der Waals surface area contributed by atoms with Crippen LogP contribution < -0.4 is 5.32 Å². The van der Waals surface area contributed by atoms with Crippen molar-refractivity contribution in [2.45, 2.75) is 13.3 Å². The molecule has 0 radical (unpaired) electrons. The van der Waals surface area contributed by atoms with Crippen molar-refractivity contribution in [3.8, 4) is 6.07 Å². The van der Waals surface area contributed by atoms with Gasteiger partial charge in [0.2, 0.25) is 5.78 Å². The Morgan fingerprint density at radius 2 is 2.24 bits per heavy atom. The molecule has 0 unspecified atom stereocenters. The van der Waals surface area contributed by atoms with E-state index in [1.165, 1.54) is 21.4 Å². The first-order valence-electron chi connectivity index (χ1n) is 7.32. The first-order valence-corrected chi connectivity index (χ1v) is 10.6. The highest BCUT2D eigenvalue weighted by atomic mass is 127. The topological polar surface area (TPSA) is 59.4 Å². The minimum absolute atomic E-state index is 0.0315. The Balaban J connectivity index is 3.27. The molecule has 0 bridgehead atoms. The molecule has 1 heterocycles. The van der Waals surface area contributed by atoms with Crippen LogP contribution in [0.2, 0.25) is 0 Å². The standard InChI is InChI=1S/C17H20FIN4OS/c1-11(21-3)15(18)8-13-6-7-16(23(25-19)12(13)2)17(24)14(9-20)10-22(4)5/h7-8,10,21H,2,6H2,1,3-5H3/b13-8-,14-10+,15-11-. The minimum atomic E-state index is -0.386. The number of allylic oxidation sites excluding steroid dienone is 6. The van der Waals surface area contributed by atoms with Crippen LogP contribution in [0.5, 0.6) is 0 Å². The number of rotatable bonds is 6. The Morgan fingerprint density at radius 3 is 2.72 bits per heavy atom. The molecule has 1 N–H and O–H groups in total. The van der Waals surface area contributed by atoms with E-state index in [9.17, 15) is 14.4 Å². The second kappa shape index (κ2) is 9.68. The van der Waals surface area contributed by atoms with Gasteiger partial charge in [-0.25, -0.2) is 4.39 Å². The molecule has 8 heteroatoms. The van der Waals surface area contributed by atoms with Gasteiger partial charge in [-0.3, -0.25) is 9.10 Å². The molecule has 0 aromatic carbocycles. The number of ketones is 1. The lowest BCUT2D eigenvalue weighted by Gasteiger charge is -2.30. The van der Waals surface area contributed by atoms with Gasteiger partial charge in [0.15, 0.2) is 0 Å². The number of hydrogen-bond donors (Lipinski definition) is 1. The molecular formula is C17H20FIN4OS. The number of halogens is 2. The zero-order valence-electron chi connectivity index (χ0n) is 14.6. The highest BCUT2D eigenvalue weighted by molar-refractivity contribution is 14.2. The summed E-state index contributed by atoms with van der Waals surface area (Å²) in [6.45, 7) is 5.62. The van der Waals surface area contributed by atoms with Crippen LogP contribution in [-0.4, -0.2) is 36.1 Å². The van der Waals surface area contributed by atoms with Crippen LogP contribution >= 0.6 is 30.3 Å². The van der Waals surface area contributed by atoms with Crippen molar-refractivity contribution in [2.24, 2.45) is 0 Å². The quantitative estimate of drug-likeness (QED) is 0.272. The summed E-state index contributed by atoms with van der Waals surface area (Å²) in [5.74, 6) is -0.770. The summed E-state index contributed by atoms with van der Waals surface area (Å²) >= 11 is 2.03. The molecular weight excluding hydrogens is 454 g/mol. The smallest absolute Gasteiger partial charge is 0.221 e. The van der Waals surface area contributed by atoms with Crippen LogP contribution in [0.3, 0.4) is 0 Å². The summed E-state index contributed by atoms with van der Waals surface area (Å²) < 4.78 is 15.7. The number of nitriles is 1. The molecule has 0 fully saturated rings. The molecule has 0 saturated heterocycles. The summed E-state index contributed by atoms with van der Waals surface area (Å²) in [5.41, 5.74) is 1.99. The van der Waals surface area contributed by atoms with Crippen LogP contribution in [0, 0.1) is 11.3 Å². The number of carbonyl (C=O) groups is 1. The maximum atomic E-state index is 14.1. The Hall–Kier alpha value is -1.73. The Bertz CT molecular complexity index is 731. The SMILES string of the molecule is C=C1/C(=C\C(F)=C(/C)NC)CC=C(C(=O)/C(C#N)=C/N(C)C)N1SI. The van der Waals surface area contributed by atoms with Gasteiger partial charge in [-0.05, 0) is 25.0 Å². The van der Waals surface area contributed by atoms with E-state index in [0.717, 1.165) is 0 Å². The fourth-order valence-corrected chi connectivity index (χ4v) is 3.79. The summed E-state index contributed by atoms with van der Waals surface area (Å²) in [4.78, 5) is 14.3. The van der Waals surface area contributed by atoms with Crippen molar-refractivity contribution < 1.29 is 9.18 Å². The van der Waals surface area contributed by atoms with Crippen LogP contribution in [0.1, 0.15) is 13.3 Å². The number of nitrogens with one attached hydrogen (secondary N) is 1.